The van der Waals surface area contributed by atoms with Crippen molar-refractivity contribution in [3.05, 3.63) is 58.3 Å². The zero-order chi connectivity index (χ0) is 14.5. The van der Waals surface area contributed by atoms with Crippen LogP contribution in [0.2, 0.25) is 0 Å². The van der Waals surface area contributed by atoms with Gasteiger partial charge in [-0.05, 0) is 47.8 Å². The summed E-state index contributed by atoms with van der Waals surface area (Å²) in [6.45, 7) is 3.84. The van der Waals surface area contributed by atoms with Gasteiger partial charge in [0.05, 0.1) is 0 Å². The van der Waals surface area contributed by atoms with Gasteiger partial charge in [-0.25, -0.2) is 0 Å². The summed E-state index contributed by atoms with van der Waals surface area (Å²) in [7, 11) is 1.92. The van der Waals surface area contributed by atoms with E-state index in [1.54, 1.807) is 18.3 Å². The highest BCUT2D eigenvalue weighted by molar-refractivity contribution is 7.07. The molecule has 1 aromatic heterocycles. The summed E-state index contributed by atoms with van der Waals surface area (Å²) in [5, 5.41) is 7.53. The van der Waals surface area contributed by atoms with E-state index in [1.807, 2.05) is 25.2 Å². The van der Waals surface area contributed by atoms with Crippen LogP contribution in [0.15, 0.2) is 47.2 Å². The van der Waals surface area contributed by atoms with E-state index in [2.05, 4.69) is 41.2 Å². The van der Waals surface area contributed by atoms with Crippen molar-refractivity contribution >= 4 is 17.1 Å². The lowest BCUT2D eigenvalue weighted by molar-refractivity contribution is -0.122. The summed E-state index contributed by atoms with van der Waals surface area (Å²) < 4.78 is 0. The standard InChI is InChI=1S/C17H21NOS/c1-12(15-9-10-20-11-15)16(13(2)19)17(18-3)14-7-5-4-6-8-14/h4-12,16-18H,1-3H3. The molecule has 3 heteroatoms. The molecule has 2 nitrogen and oxygen atoms in total. The second kappa shape index (κ2) is 6.82. The third-order valence-corrected chi connectivity index (χ3v) is 4.61. The lowest BCUT2D eigenvalue weighted by Crippen LogP contribution is -2.33. The highest BCUT2D eigenvalue weighted by atomic mass is 32.1. The van der Waals surface area contributed by atoms with E-state index in [1.165, 1.54) is 5.56 Å². The molecule has 0 aliphatic heterocycles. The molecule has 0 amide bonds. The van der Waals surface area contributed by atoms with E-state index < -0.39 is 0 Å². The summed E-state index contributed by atoms with van der Waals surface area (Å²) in [5.41, 5.74) is 2.41. The number of Topliss-reactive ketones (excluding diaryl/α,β-unsaturated/α-hetero) is 1. The van der Waals surface area contributed by atoms with Crippen LogP contribution in [-0.4, -0.2) is 12.8 Å². The van der Waals surface area contributed by atoms with Gasteiger partial charge in [-0.3, -0.25) is 4.79 Å². The van der Waals surface area contributed by atoms with Crippen molar-refractivity contribution in [1.29, 1.82) is 0 Å². The predicted octanol–water partition coefficient (Wildman–Crippen LogP) is 4.02. The number of ketones is 1. The third-order valence-electron chi connectivity index (χ3n) is 3.91. The number of rotatable bonds is 6. The number of thiophene rings is 1. The quantitative estimate of drug-likeness (QED) is 0.869. The monoisotopic (exact) mass is 287 g/mol. The van der Waals surface area contributed by atoms with Crippen molar-refractivity contribution < 1.29 is 4.79 Å². The fourth-order valence-electron chi connectivity index (χ4n) is 2.83. The van der Waals surface area contributed by atoms with Crippen molar-refractivity contribution in [2.24, 2.45) is 5.92 Å². The molecule has 0 aliphatic rings. The molecule has 106 valence electrons. The fraction of sp³-hybridized carbons (Fsp3) is 0.353. The van der Waals surface area contributed by atoms with Gasteiger partial charge in [0, 0.05) is 12.0 Å². The maximum atomic E-state index is 12.2. The minimum absolute atomic E-state index is 0.0450. The number of nitrogens with one attached hydrogen (secondary N) is 1. The molecule has 2 rings (SSSR count). The molecular formula is C17H21NOS. The number of benzene rings is 1. The van der Waals surface area contributed by atoms with Crippen LogP contribution in [0.3, 0.4) is 0 Å². The normalized spacial score (nSPS) is 15.6. The first-order chi connectivity index (χ1) is 9.65. The minimum Gasteiger partial charge on any atom is -0.312 e. The molecule has 20 heavy (non-hydrogen) atoms. The zero-order valence-corrected chi connectivity index (χ0v) is 13.0. The van der Waals surface area contributed by atoms with E-state index in [4.69, 9.17) is 0 Å². The van der Waals surface area contributed by atoms with Crippen LogP contribution in [-0.2, 0) is 4.79 Å². The molecule has 0 radical (unpaired) electrons. The summed E-state index contributed by atoms with van der Waals surface area (Å²) in [6.07, 6.45) is 0. The van der Waals surface area contributed by atoms with Gasteiger partial charge in [0.15, 0.2) is 0 Å². The average molecular weight is 287 g/mol. The molecule has 1 N–H and O–H groups in total. The molecule has 2 aromatic rings. The molecule has 0 spiro atoms. The molecule has 3 unspecified atom stereocenters. The summed E-state index contributed by atoms with van der Waals surface area (Å²) in [6, 6.07) is 12.4. The summed E-state index contributed by atoms with van der Waals surface area (Å²) >= 11 is 1.68. The largest absolute Gasteiger partial charge is 0.312 e. The summed E-state index contributed by atoms with van der Waals surface area (Å²) in [4.78, 5) is 12.2. The van der Waals surface area contributed by atoms with Gasteiger partial charge in [0.25, 0.3) is 0 Å². The van der Waals surface area contributed by atoms with Gasteiger partial charge < -0.3 is 5.32 Å². The second-order valence-corrected chi connectivity index (χ2v) is 5.94. The lowest BCUT2D eigenvalue weighted by Gasteiger charge is -2.30. The lowest BCUT2D eigenvalue weighted by atomic mass is 9.78. The van der Waals surface area contributed by atoms with E-state index in [0.29, 0.717) is 0 Å². The van der Waals surface area contributed by atoms with Crippen LogP contribution in [0.4, 0.5) is 0 Å². The third kappa shape index (κ3) is 3.17. The maximum absolute atomic E-state index is 12.2. The van der Waals surface area contributed by atoms with Crippen molar-refractivity contribution in [1.82, 2.24) is 5.32 Å². The number of hydrogen-bond acceptors (Lipinski definition) is 3. The first-order valence-corrected chi connectivity index (χ1v) is 7.84. The van der Waals surface area contributed by atoms with Gasteiger partial charge in [-0.1, -0.05) is 37.3 Å². The van der Waals surface area contributed by atoms with Crippen LogP contribution in [0.5, 0.6) is 0 Å². The van der Waals surface area contributed by atoms with Crippen molar-refractivity contribution in [3.63, 3.8) is 0 Å². The van der Waals surface area contributed by atoms with Crippen molar-refractivity contribution in [3.8, 4) is 0 Å². The van der Waals surface area contributed by atoms with E-state index in [9.17, 15) is 4.79 Å². The molecule has 0 saturated heterocycles. The Balaban J connectivity index is 2.34. The molecule has 3 atom stereocenters. The van der Waals surface area contributed by atoms with Crippen LogP contribution < -0.4 is 5.32 Å². The van der Waals surface area contributed by atoms with Crippen LogP contribution in [0.1, 0.15) is 36.9 Å². The zero-order valence-electron chi connectivity index (χ0n) is 12.2. The first-order valence-electron chi connectivity index (χ1n) is 6.90. The SMILES string of the molecule is CNC(c1ccccc1)C(C(C)=O)C(C)c1ccsc1. The Kier molecular flexibility index (Phi) is 5.10. The topological polar surface area (TPSA) is 29.1 Å². The maximum Gasteiger partial charge on any atom is 0.135 e. The van der Waals surface area contributed by atoms with Crippen molar-refractivity contribution in [2.75, 3.05) is 7.05 Å². The van der Waals surface area contributed by atoms with E-state index in [-0.39, 0.29) is 23.7 Å². The molecule has 0 saturated carbocycles. The Morgan fingerprint density at radius 3 is 2.35 bits per heavy atom. The Hall–Kier alpha value is -1.45. The number of carbonyl (C=O) groups is 1. The Morgan fingerprint density at radius 1 is 1.15 bits per heavy atom. The molecule has 0 bridgehead atoms. The predicted molar refractivity (Wildman–Crippen MR) is 85.1 cm³/mol. The van der Waals surface area contributed by atoms with E-state index >= 15 is 0 Å². The number of carbonyl (C=O) groups excluding carboxylic acids is 1. The molecule has 1 aromatic carbocycles. The van der Waals surface area contributed by atoms with Gasteiger partial charge in [0.2, 0.25) is 0 Å². The number of hydrogen-bond donors (Lipinski definition) is 1. The first kappa shape index (κ1) is 14.9. The van der Waals surface area contributed by atoms with Crippen molar-refractivity contribution in [2.45, 2.75) is 25.8 Å². The Morgan fingerprint density at radius 2 is 1.85 bits per heavy atom. The van der Waals surface area contributed by atoms with E-state index in [0.717, 1.165) is 5.56 Å². The molecule has 1 heterocycles. The van der Waals surface area contributed by atoms with Gasteiger partial charge in [-0.2, -0.15) is 11.3 Å². The van der Waals surface area contributed by atoms with Gasteiger partial charge >= 0.3 is 0 Å². The molecular weight excluding hydrogens is 266 g/mol. The molecule has 0 fully saturated rings. The van der Waals surface area contributed by atoms with Gasteiger partial charge in [-0.15, -0.1) is 0 Å². The van der Waals surface area contributed by atoms with Crippen LogP contribution in [0, 0.1) is 5.92 Å². The highest BCUT2D eigenvalue weighted by Gasteiger charge is 2.31. The fourth-order valence-corrected chi connectivity index (χ4v) is 3.60. The highest BCUT2D eigenvalue weighted by Crippen LogP contribution is 2.35. The smallest absolute Gasteiger partial charge is 0.135 e. The minimum atomic E-state index is -0.0583. The Labute approximate surface area is 124 Å². The summed E-state index contributed by atoms with van der Waals surface area (Å²) in [5.74, 6) is 0.375. The molecule has 0 aliphatic carbocycles. The van der Waals surface area contributed by atoms with Gasteiger partial charge in [0.1, 0.15) is 5.78 Å². The Bertz CT molecular complexity index is 535. The average Bonchev–Trinajstić information content (AvgIpc) is 2.98. The van der Waals surface area contributed by atoms with Crippen LogP contribution >= 0.6 is 11.3 Å². The van der Waals surface area contributed by atoms with Crippen LogP contribution in [0.25, 0.3) is 0 Å². The second-order valence-electron chi connectivity index (χ2n) is 5.16.